The quantitative estimate of drug-likeness (QED) is 0.846. The summed E-state index contributed by atoms with van der Waals surface area (Å²) in [6.45, 7) is 4.05. The van der Waals surface area contributed by atoms with Crippen LogP contribution >= 0.6 is 27.3 Å². The van der Waals surface area contributed by atoms with Gasteiger partial charge in [-0.1, -0.05) is 6.92 Å². The molecule has 17 heavy (non-hydrogen) atoms. The monoisotopic (exact) mass is 337 g/mol. The van der Waals surface area contributed by atoms with Crippen LogP contribution in [0.3, 0.4) is 0 Å². The van der Waals surface area contributed by atoms with Crippen molar-refractivity contribution in [1.82, 2.24) is 4.31 Å². The summed E-state index contributed by atoms with van der Waals surface area (Å²) in [5.74, 6) is 0. The molecule has 1 aliphatic rings. The lowest BCUT2D eigenvalue weighted by Gasteiger charge is -2.26. The molecule has 1 aromatic heterocycles. The van der Waals surface area contributed by atoms with Gasteiger partial charge in [0.2, 0.25) is 0 Å². The molecule has 0 spiro atoms. The second-order valence-electron chi connectivity index (χ2n) is 4.38. The molecular formula is C11H16BrNO2S2. The van der Waals surface area contributed by atoms with Crippen LogP contribution in [0.1, 0.15) is 33.1 Å². The first-order chi connectivity index (χ1) is 7.98. The highest BCUT2D eigenvalue weighted by atomic mass is 79.9. The smallest absolute Gasteiger partial charge is 0.206 e. The summed E-state index contributed by atoms with van der Waals surface area (Å²) in [7, 11) is -3.33. The summed E-state index contributed by atoms with van der Waals surface area (Å²) in [6, 6.07) is 2.06. The van der Waals surface area contributed by atoms with E-state index in [1.165, 1.54) is 11.3 Å². The SMILES string of the molecule is CCC1CCC(C)N1S(=O)(=O)c1sccc1Br. The molecule has 2 atom stereocenters. The first-order valence-corrected chi connectivity index (χ1v) is 8.86. The van der Waals surface area contributed by atoms with Crippen LogP contribution in [0, 0.1) is 0 Å². The van der Waals surface area contributed by atoms with Crippen LogP contribution in [0.15, 0.2) is 20.1 Å². The van der Waals surface area contributed by atoms with Gasteiger partial charge >= 0.3 is 0 Å². The minimum Gasteiger partial charge on any atom is -0.206 e. The minimum absolute atomic E-state index is 0.110. The molecule has 1 fully saturated rings. The van der Waals surface area contributed by atoms with Crippen LogP contribution in [0.25, 0.3) is 0 Å². The van der Waals surface area contributed by atoms with Gasteiger partial charge in [-0.15, -0.1) is 11.3 Å². The fourth-order valence-electron chi connectivity index (χ4n) is 2.42. The van der Waals surface area contributed by atoms with E-state index in [4.69, 9.17) is 0 Å². The van der Waals surface area contributed by atoms with Gasteiger partial charge in [0.25, 0.3) is 10.0 Å². The minimum atomic E-state index is -3.33. The molecule has 96 valence electrons. The van der Waals surface area contributed by atoms with Gasteiger partial charge in [0.15, 0.2) is 0 Å². The first kappa shape index (κ1) is 13.5. The Hall–Kier alpha value is 0.0900. The zero-order chi connectivity index (χ0) is 12.6. The van der Waals surface area contributed by atoms with Gasteiger partial charge in [-0.3, -0.25) is 0 Å². The maximum atomic E-state index is 12.6. The molecule has 0 aromatic carbocycles. The predicted octanol–water partition coefficient (Wildman–Crippen LogP) is 3.46. The van der Waals surface area contributed by atoms with Crippen LogP contribution in [-0.4, -0.2) is 24.8 Å². The van der Waals surface area contributed by atoms with Gasteiger partial charge in [-0.05, 0) is 53.6 Å². The highest BCUT2D eigenvalue weighted by molar-refractivity contribution is 9.10. The van der Waals surface area contributed by atoms with Crippen molar-refractivity contribution in [3.8, 4) is 0 Å². The van der Waals surface area contributed by atoms with Crippen molar-refractivity contribution in [2.24, 2.45) is 0 Å². The average molecular weight is 338 g/mol. The van der Waals surface area contributed by atoms with E-state index in [0.29, 0.717) is 8.68 Å². The van der Waals surface area contributed by atoms with E-state index in [9.17, 15) is 8.42 Å². The van der Waals surface area contributed by atoms with Gasteiger partial charge < -0.3 is 0 Å². The van der Waals surface area contributed by atoms with Gasteiger partial charge in [0.1, 0.15) is 4.21 Å². The van der Waals surface area contributed by atoms with Crippen LogP contribution in [-0.2, 0) is 10.0 Å². The lowest BCUT2D eigenvalue weighted by molar-refractivity contribution is 0.329. The molecule has 6 heteroatoms. The van der Waals surface area contributed by atoms with Crippen LogP contribution in [0.5, 0.6) is 0 Å². The molecule has 0 bridgehead atoms. The zero-order valence-electron chi connectivity index (χ0n) is 9.89. The lowest BCUT2D eigenvalue weighted by Crippen LogP contribution is -2.39. The van der Waals surface area contributed by atoms with Gasteiger partial charge in [0.05, 0.1) is 0 Å². The molecule has 2 rings (SSSR count). The molecule has 1 aromatic rings. The number of rotatable bonds is 3. The van der Waals surface area contributed by atoms with E-state index in [0.717, 1.165) is 19.3 Å². The Morgan fingerprint density at radius 1 is 1.53 bits per heavy atom. The van der Waals surface area contributed by atoms with Crippen LogP contribution in [0.4, 0.5) is 0 Å². The summed E-state index contributed by atoms with van der Waals surface area (Å²) in [6.07, 6.45) is 2.81. The van der Waals surface area contributed by atoms with E-state index < -0.39 is 10.0 Å². The number of thiophene rings is 1. The Labute approximate surface area is 115 Å². The maximum absolute atomic E-state index is 12.6. The van der Waals surface area contributed by atoms with Crippen molar-refractivity contribution >= 4 is 37.3 Å². The van der Waals surface area contributed by atoms with Gasteiger partial charge in [-0.2, -0.15) is 4.31 Å². The topological polar surface area (TPSA) is 37.4 Å². The van der Waals surface area contributed by atoms with Gasteiger partial charge in [-0.25, -0.2) is 8.42 Å². The third kappa shape index (κ3) is 2.32. The number of sulfonamides is 1. The van der Waals surface area contributed by atoms with Crippen molar-refractivity contribution in [3.05, 3.63) is 15.9 Å². The summed E-state index contributed by atoms with van der Waals surface area (Å²) in [5, 5.41) is 1.80. The second-order valence-corrected chi connectivity index (χ2v) is 8.19. The molecule has 1 aliphatic heterocycles. The fourth-order valence-corrected chi connectivity index (χ4v) is 6.78. The second kappa shape index (κ2) is 4.99. The first-order valence-electron chi connectivity index (χ1n) is 5.75. The number of hydrogen-bond acceptors (Lipinski definition) is 3. The van der Waals surface area contributed by atoms with E-state index in [1.807, 2.05) is 6.92 Å². The Morgan fingerprint density at radius 2 is 2.24 bits per heavy atom. The molecule has 0 N–H and O–H groups in total. The Bertz CT molecular complexity index is 497. The highest BCUT2D eigenvalue weighted by Gasteiger charge is 2.40. The summed E-state index contributed by atoms with van der Waals surface area (Å²) < 4.78 is 28.0. The largest absolute Gasteiger partial charge is 0.254 e. The van der Waals surface area contributed by atoms with Crippen molar-refractivity contribution in [1.29, 1.82) is 0 Å². The van der Waals surface area contributed by atoms with E-state index in [1.54, 1.807) is 15.8 Å². The van der Waals surface area contributed by atoms with Crippen molar-refractivity contribution < 1.29 is 8.42 Å². The molecule has 0 saturated carbocycles. The summed E-state index contributed by atoms with van der Waals surface area (Å²) in [5.41, 5.74) is 0. The molecule has 0 radical (unpaired) electrons. The number of halogens is 1. The summed E-state index contributed by atoms with van der Waals surface area (Å²) >= 11 is 4.60. The molecule has 3 nitrogen and oxygen atoms in total. The van der Waals surface area contributed by atoms with Crippen molar-refractivity contribution in [2.45, 2.75) is 49.4 Å². The normalized spacial score (nSPS) is 26.5. The van der Waals surface area contributed by atoms with Crippen molar-refractivity contribution in [3.63, 3.8) is 0 Å². The van der Waals surface area contributed by atoms with E-state index in [2.05, 4.69) is 22.9 Å². The Balaban J connectivity index is 2.42. The Kier molecular flexibility index (Phi) is 3.97. The van der Waals surface area contributed by atoms with Gasteiger partial charge in [0, 0.05) is 16.6 Å². The summed E-state index contributed by atoms with van der Waals surface area (Å²) in [4.78, 5) is 0. The number of hydrogen-bond donors (Lipinski definition) is 0. The molecule has 2 unspecified atom stereocenters. The van der Waals surface area contributed by atoms with Crippen LogP contribution in [0.2, 0.25) is 0 Å². The lowest BCUT2D eigenvalue weighted by atomic mass is 10.2. The molecule has 0 amide bonds. The zero-order valence-corrected chi connectivity index (χ0v) is 13.1. The molecule has 2 heterocycles. The average Bonchev–Trinajstić information content (AvgIpc) is 2.84. The fraction of sp³-hybridized carbons (Fsp3) is 0.636. The maximum Gasteiger partial charge on any atom is 0.254 e. The predicted molar refractivity (Wildman–Crippen MR) is 73.8 cm³/mol. The number of nitrogens with zero attached hydrogens (tertiary/aromatic N) is 1. The third-order valence-electron chi connectivity index (χ3n) is 3.28. The van der Waals surface area contributed by atoms with Crippen LogP contribution < -0.4 is 0 Å². The molecule has 1 saturated heterocycles. The van der Waals surface area contributed by atoms with Crippen molar-refractivity contribution in [2.75, 3.05) is 0 Å². The molecule has 0 aliphatic carbocycles. The molecular weight excluding hydrogens is 322 g/mol. The standard InChI is InChI=1S/C11H16BrNO2S2/c1-3-9-5-4-8(2)13(9)17(14,15)11-10(12)6-7-16-11/h6-9H,3-5H2,1-2H3. The van der Waals surface area contributed by atoms with E-state index in [-0.39, 0.29) is 12.1 Å². The highest BCUT2D eigenvalue weighted by Crippen LogP contribution is 2.37. The Morgan fingerprint density at radius 3 is 2.76 bits per heavy atom. The van der Waals surface area contributed by atoms with E-state index >= 15 is 0 Å². The third-order valence-corrected chi connectivity index (χ3v) is 7.99.